The zero-order valence-electron chi connectivity index (χ0n) is 11.9. The van der Waals surface area contributed by atoms with Gasteiger partial charge in [0, 0.05) is 30.2 Å². The third-order valence-corrected chi connectivity index (χ3v) is 4.55. The van der Waals surface area contributed by atoms with Crippen LogP contribution in [0.2, 0.25) is 0 Å². The number of rotatable bonds is 4. The highest BCUT2D eigenvalue weighted by Gasteiger charge is 2.22. The van der Waals surface area contributed by atoms with Crippen molar-refractivity contribution < 1.29 is 4.79 Å². The number of carbonyl (C=O) groups is 1. The molecular formula is C16H19N3OS. The lowest BCUT2D eigenvalue weighted by Crippen LogP contribution is -2.48. The Balaban J connectivity index is 1.55. The van der Waals surface area contributed by atoms with Crippen molar-refractivity contribution in [3.05, 3.63) is 46.8 Å². The zero-order valence-corrected chi connectivity index (χ0v) is 12.7. The minimum atomic E-state index is 0.116. The maximum Gasteiger partial charge on any atom is 0.225 e. The van der Waals surface area contributed by atoms with Gasteiger partial charge in [-0.25, -0.2) is 4.98 Å². The molecule has 1 saturated heterocycles. The van der Waals surface area contributed by atoms with E-state index in [-0.39, 0.29) is 11.9 Å². The second-order valence-electron chi connectivity index (χ2n) is 5.30. The number of amides is 1. The first-order valence-corrected chi connectivity index (χ1v) is 8.17. The van der Waals surface area contributed by atoms with Gasteiger partial charge in [0.25, 0.3) is 0 Å². The molecule has 1 atom stereocenters. The molecule has 0 saturated carbocycles. The van der Waals surface area contributed by atoms with Crippen molar-refractivity contribution in [3.63, 3.8) is 0 Å². The van der Waals surface area contributed by atoms with Gasteiger partial charge in [-0.15, -0.1) is 11.3 Å². The van der Waals surface area contributed by atoms with Gasteiger partial charge < -0.3 is 10.2 Å². The van der Waals surface area contributed by atoms with Gasteiger partial charge >= 0.3 is 0 Å². The molecule has 3 rings (SSSR count). The van der Waals surface area contributed by atoms with E-state index in [1.165, 1.54) is 0 Å². The smallest absolute Gasteiger partial charge is 0.225 e. The van der Waals surface area contributed by atoms with Crippen LogP contribution in [-0.2, 0) is 11.2 Å². The van der Waals surface area contributed by atoms with Crippen LogP contribution in [0, 0.1) is 0 Å². The van der Waals surface area contributed by atoms with Crippen molar-refractivity contribution in [3.8, 4) is 0 Å². The molecule has 1 amide bonds. The first kappa shape index (κ1) is 14.1. The zero-order chi connectivity index (χ0) is 14.5. The number of carbonyl (C=O) groups excluding carboxylic acids is 1. The van der Waals surface area contributed by atoms with Crippen molar-refractivity contribution in [2.45, 2.75) is 25.3 Å². The van der Waals surface area contributed by atoms with E-state index in [4.69, 9.17) is 0 Å². The van der Waals surface area contributed by atoms with Gasteiger partial charge in [-0.2, -0.15) is 0 Å². The Morgan fingerprint density at radius 2 is 2.33 bits per heavy atom. The average molecular weight is 301 g/mol. The van der Waals surface area contributed by atoms with Crippen LogP contribution in [0.3, 0.4) is 0 Å². The highest BCUT2D eigenvalue weighted by molar-refractivity contribution is 7.10. The number of hydrogen-bond acceptors (Lipinski definition) is 4. The van der Waals surface area contributed by atoms with Crippen LogP contribution < -0.4 is 10.2 Å². The predicted octanol–water partition coefficient (Wildman–Crippen LogP) is 2.47. The minimum absolute atomic E-state index is 0.116. The molecule has 1 aliphatic heterocycles. The quantitative estimate of drug-likeness (QED) is 0.943. The van der Waals surface area contributed by atoms with Crippen molar-refractivity contribution in [2.75, 3.05) is 18.0 Å². The summed E-state index contributed by atoms with van der Waals surface area (Å²) >= 11 is 1.63. The standard InChI is InChI=1S/C16H19N3OS/c20-16(11-14-6-4-10-21-14)18-13-5-3-9-19(12-13)15-7-1-2-8-17-15/h1-2,4,6-8,10,13H,3,5,9,11-12H2,(H,18,20). The summed E-state index contributed by atoms with van der Waals surface area (Å²) in [4.78, 5) is 19.8. The molecule has 3 heterocycles. The maximum atomic E-state index is 12.1. The maximum absolute atomic E-state index is 12.1. The number of nitrogens with one attached hydrogen (secondary N) is 1. The van der Waals surface area contributed by atoms with Gasteiger partial charge in [-0.1, -0.05) is 12.1 Å². The number of aromatic nitrogens is 1. The molecule has 0 aliphatic carbocycles. The summed E-state index contributed by atoms with van der Waals surface area (Å²) in [7, 11) is 0. The number of piperidine rings is 1. The van der Waals surface area contributed by atoms with E-state index < -0.39 is 0 Å². The summed E-state index contributed by atoms with van der Waals surface area (Å²) in [6.07, 6.45) is 4.42. The van der Waals surface area contributed by atoms with Crippen LogP contribution >= 0.6 is 11.3 Å². The van der Waals surface area contributed by atoms with Crippen LogP contribution in [0.1, 0.15) is 17.7 Å². The monoisotopic (exact) mass is 301 g/mol. The Hall–Kier alpha value is -1.88. The number of nitrogens with zero attached hydrogens (tertiary/aromatic N) is 2. The van der Waals surface area contributed by atoms with E-state index in [0.29, 0.717) is 6.42 Å². The highest BCUT2D eigenvalue weighted by Crippen LogP contribution is 2.17. The molecule has 110 valence electrons. The molecule has 0 spiro atoms. The summed E-state index contributed by atoms with van der Waals surface area (Å²) in [5.41, 5.74) is 0. The van der Waals surface area contributed by atoms with E-state index in [0.717, 1.165) is 36.6 Å². The van der Waals surface area contributed by atoms with Crippen molar-refractivity contribution in [1.82, 2.24) is 10.3 Å². The summed E-state index contributed by atoms with van der Waals surface area (Å²) < 4.78 is 0. The number of pyridine rings is 1. The van der Waals surface area contributed by atoms with E-state index >= 15 is 0 Å². The molecule has 21 heavy (non-hydrogen) atoms. The molecule has 2 aromatic heterocycles. The van der Waals surface area contributed by atoms with Gasteiger partial charge in [0.2, 0.25) is 5.91 Å². The fourth-order valence-corrected chi connectivity index (χ4v) is 3.40. The van der Waals surface area contributed by atoms with Gasteiger partial charge in [-0.3, -0.25) is 4.79 Å². The number of thiophene rings is 1. The van der Waals surface area contributed by atoms with Crippen LogP contribution in [0.5, 0.6) is 0 Å². The van der Waals surface area contributed by atoms with Gasteiger partial charge in [0.05, 0.1) is 6.42 Å². The minimum Gasteiger partial charge on any atom is -0.355 e. The second-order valence-corrected chi connectivity index (χ2v) is 6.33. The van der Waals surface area contributed by atoms with Crippen molar-refractivity contribution in [1.29, 1.82) is 0 Å². The Bertz CT molecular complexity index is 570. The van der Waals surface area contributed by atoms with E-state index in [1.807, 2.05) is 41.9 Å². The number of anilines is 1. The Kier molecular flexibility index (Phi) is 4.50. The Morgan fingerprint density at radius 1 is 1.38 bits per heavy atom. The molecule has 1 N–H and O–H groups in total. The third kappa shape index (κ3) is 3.82. The van der Waals surface area contributed by atoms with Crippen LogP contribution in [-0.4, -0.2) is 30.0 Å². The summed E-state index contributed by atoms with van der Waals surface area (Å²) in [6.45, 7) is 1.85. The SMILES string of the molecule is O=C(Cc1cccs1)NC1CCCN(c2ccccn2)C1. The first-order valence-electron chi connectivity index (χ1n) is 7.29. The fourth-order valence-electron chi connectivity index (χ4n) is 2.69. The van der Waals surface area contributed by atoms with Crippen molar-refractivity contribution in [2.24, 2.45) is 0 Å². The topological polar surface area (TPSA) is 45.2 Å². The molecule has 4 nitrogen and oxygen atoms in total. The van der Waals surface area contributed by atoms with Gasteiger partial charge in [-0.05, 0) is 36.4 Å². The van der Waals surface area contributed by atoms with Gasteiger partial charge in [0.1, 0.15) is 5.82 Å². The summed E-state index contributed by atoms with van der Waals surface area (Å²) in [5, 5.41) is 5.16. The number of hydrogen-bond donors (Lipinski definition) is 1. The molecule has 1 fully saturated rings. The Labute approximate surface area is 128 Å². The van der Waals surface area contributed by atoms with Crippen LogP contribution in [0.15, 0.2) is 41.9 Å². The highest BCUT2D eigenvalue weighted by atomic mass is 32.1. The largest absolute Gasteiger partial charge is 0.355 e. The molecule has 0 aromatic carbocycles. The molecule has 1 unspecified atom stereocenters. The fraction of sp³-hybridized carbons (Fsp3) is 0.375. The predicted molar refractivity (Wildman–Crippen MR) is 85.6 cm³/mol. The van der Waals surface area contributed by atoms with E-state index in [9.17, 15) is 4.79 Å². The summed E-state index contributed by atoms with van der Waals surface area (Å²) in [5.74, 6) is 1.11. The van der Waals surface area contributed by atoms with Crippen LogP contribution in [0.4, 0.5) is 5.82 Å². The van der Waals surface area contributed by atoms with Crippen LogP contribution in [0.25, 0.3) is 0 Å². The average Bonchev–Trinajstić information content (AvgIpc) is 3.01. The molecule has 0 bridgehead atoms. The first-order chi connectivity index (χ1) is 10.3. The lowest BCUT2D eigenvalue weighted by atomic mass is 10.1. The molecule has 2 aromatic rings. The second kappa shape index (κ2) is 6.72. The van der Waals surface area contributed by atoms with E-state index in [1.54, 1.807) is 11.3 Å². The molecule has 0 radical (unpaired) electrons. The summed E-state index contributed by atoms with van der Waals surface area (Å²) in [6, 6.07) is 10.2. The normalized spacial score (nSPS) is 18.5. The molecule has 5 heteroatoms. The van der Waals surface area contributed by atoms with E-state index in [2.05, 4.69) is 15.2 Å². The lowest BCUT2D eigenvalue weighted by molar-refractivity contribution is -0.121. The van der Waals surface area contributed by atoms with Gasteiger partial charge in [0.15, 0.2) is 0 Å². The molecule has 1 aliphatic rings. The molecular weight excluding hydrogens is 282 g/mol. The third-order valence-electron chi connectivity index (χ3n) is 3.67. The van der Waals surface area contributed by atoms with Crippen molar-refractivity contribution >= 4 is 23.1 Å². The Morgan fingerprint density at radius 3 is 3.10 bits per heavy atom. The lowest BCUT2D eigenvalue weighted by Gasteiger charge is -2.33.